The molecule has 15 heavy (non-hydrogen) atoms. The van der Waals surface area contributed by atoms with E-state index in [4.69, 9.17) is 4.74 Å². The van der Waals surface area contributed by atoms with Crippen LogP contribution in [-0.2, 0) is 9.53 Å². The molecule has 1 saturated heterocycles. The molecule has 1 aliphatic heterocycles. The molecule has 1 aliphatic rings. The van der Waals surface area contributed by atoms with Crippen LogP contribution in [0.4, 0.5) is 0 Å². The Labute approximate surface area is 92.8 Å². The standard InChI is InChI=1S/C12H23NO2/c1-4-15-12(14)9-11(10(2)3)13-7-5-6-8-13/h10-11H,4-9H2,1-3H3/t11-/m1/s1. The summed E-state index contributed by atoms with van der Waals surface area (Å²) in [6.07, 6.45) is 3.09. The molecule has 0 amide bonds. The summed E-state index contributed by atoms with van der Waals surface area (Å²) in [5.41, 5.74) is 0. The molecule has 1 rings (SSSR count). The Hall–Kier alpha value is -0.570. The number of ether oxygens (including phenoxy) is 1. The van der Waals surface area contributed by atoms with Crippen molar-refractivity contribution in [2.75, 3.05) is 19.7 Å². The first-order chi connectivity index (χ1) is 7.15. The highest BCUT2D eigenvalue weighted by atomic mass is 16.5. The van der Waals surface area contributed by atoms with Crippen LogP contribution >= 0.6 is 0 Å². The van der Waals surface area contributed by atoms with E-state index in [1.165, 1.54) is 12.8 Å². The van der Waals surface area contributed by atoms with Gasteiger partial charge in [0.1, 0.15) is 0 Å². The lowest BCUT2D eigenvalue weighted by Crippen LogP contribution is -2.38. The smallest absolute Gasteiger partial charge is 0.307 e. The van der Waals surface area contributed by atoms with Crippen molar-refractivity contribution in [1.82, 2.24) is 4.90 Å². The minimum Gasteiger partial charge on any atom is -0.466 e. The normalized spacial score (nSPS) is 19.5. The van der Waals surface area contributed by atoms with Crippen molar-refractivity contribution in [3.05, 3.63) is 0 Å². The molecule has 0 saturated carbocycles. The van der Waals surface area contributed by atoms with E-state index in [0.717, 1.165) is 13.1 Å². The van der Waals surface area contributed by atoms with Crippen LogP contribution < -0.4 is 0 Å². The van der Waals surface area contributed by atoms with Gasteiger partial charge in [-0.3, -0.25) is 9.69 Å². The van der Waals surface area contributed by atoms with E-state index in [-0.39, 0.29) is 5.97 Å². The van der Waals surface area contributed by atoms with Gasteiger partial charge in [0.2, 0.25) is 0 Å². The number of esters is 1. The van der Waals surface area contributed by atoms with Crippen LogP contribution in [0.1, 0.15) is 40.0 Å². The molecular weight excluding hydrogens is 190 g/mol. The van der Waals surface area contributed by atoms with E-state index in [9.17, 15) is 4.79 Å². The van der Waals surface area contributed by atoms with Crippen LogP contribution in [0.5, 0.6) is 0 Å². The van der Waals surface area contributed by atoms with Gasteiger partial charge in [-0.2, -0.15) is 0 Å². The Kier molecular flexibility index (Phi) is 5.09. The largest absolute Gasteiger partial charge is 0.466 e. The van der Waals surface area contributed by atoms with Crippen LogP contribution in [0.15, 0.2) is 0 Å². The number of likely N-dealkylation sites (tertiary alicyclic amines) is 1. The first kappa shape index (κ1) is 12.5. The van der Waals surface area contributed by atoms with E-state index >= 15 is 0 Å². The number of carbonyl (C=O) groups excluding carboxylic acids is 1. The summed E-state index contributed by atoms with van der Waals surface area (Å²) in [5, 5.41) is 0. The molecule has 0 bridgehead atoms. The predicted octanol–water partition coefficient (Wildman–Crippen LogP) is 2.06. The predicted molar refractivity (Wildman–Crippen MR) is 60.7 cm³/mol. The highest BCUT2D eigenvalue weighted by Crippen LogP contribution is 2.20. The lowest BCUT2D eigenvalue weighted by Gasteiger charge is -2.29. The monoisotopic (exact) mass is 213 g/mol. The van der Waals surface area contributed by atoms with Gasteiger partial charge < -0.3 is 4.74 Å². The molecule has 0 spiro atoms. The first-order valence-electron chi connectivity index (χ1n) is 6.04. The Morgan fingerprint density at radius 3 is 2.40 bits per heavy atom. The summed E-state index contributed by atoms with van der Waals surface area (Å²) in [6.45, 7) is 9.00. The molecule has 0 aromatic carbocycles. The van der Waals surface area contributed by atoms with Gasteiger partial charge in [-0.05, 0) is 38.8 Å². The Morgan fingerprint density at radius 1 is 1.33 bits per heavy atom. The quantitative estimate of drug-likeness (QED) is 0.655. The third-order valence-corrected chi connectivity index (χ3v) is 3.06. The SMILES string of the molecule is CCOC(=O)C[C@H](C(C)C)N1CCCC1. The molecule has 88 valence electrons. The van der Waals surface area contributed by atoms with Gasteiger partial charge in [0.05, 0.1) is 13.0 Å². The summed E-state index contributed by atoms with van der Waals surface area (Å²) in [4.78, 5) is 13.9. The third-order valence-electron chi connectivity index (χ3n) is 3.06. The van der Waals surface area contributed by atoms with Gasteiger partial charge in [0, 0.05) is 6.04 Å². The topological polar surface area (TPSA) is 29.5 Å². The van der Waals surface area contributed by atoms with Gasteiger partial charge in [-0.1, -0.05) is 13.8 Å². The molecule has 3 heteroatoms. The van der Waals surface area contributed by atoms with Gasteiger partial charge in [0.25, 0.3) is 0 Å². The highest BCUT2D eigenvalue weighted by molar-refractivity contribution is 5.70. The van der Waals surface area contributed by atoms with E-state index in [0.29, 0.717) is 25.0 Å². The van der Waals surface area contributed by atoms with E-state index in [1.807, 2.05) is 6.92 Å². The van der Waals surface area contributed by atoms with Crippen molar-refractivity contribution in [3.63, 3.8) is 0 Å². The molecule has 0 aromatic heterocycles. The minimum atomic E-state index is -0.0527. The average Bonchev–Trinajstić information content (AvgIpc) is 2.66. The van der Waals surface area contributed by atoms with E-state index in [2.05, 4.69) is 18.7 Å². The van der Waals surface area contributed by atoms with Gasteiger partial charge in [-0.15, -0.1) is 0 Å². The van der Waals surface area contributed by atoms with E-state index < -0.39 is 0 Å². The second-order valence-electron chi connectivity index (χ2n) is 4.56. The maximum absolute atomic E-state index is 11.5. The van der Waals surface area contributed by atoms with Gasteiger partial charge in [0.15, 0.2) is 0 Å². The molecule has 0 radical (unpaired) electrons. The third kappa shape index (κ3) is 3.82. The fraction of sp³-hybridized carbons (Fsp3) is 0.917. The molecule has 0 aliphatic carbocycles. The van der Waals surface area contributed by atoms with E-state index in [1.54, 1.807) is 0 Å². The van der Waals surface area contributed by atoms with Crippen molar-refractivity contribution < 1.29 is 9.53 Å². The average molecular weight is 213 g/mol. The molecule has 3 nitrogen and oxygen atoms in total. The Balaban J connectivity index is 2.46. The number of rotatable bonds is 5. The summed E-state index contributed by atoms with van der Waals surface area (Å²) < 4.78 is 5.02. The molecule has 0 aromatic rings. The minimum absolute atomic E-state index is 0.0527. The van der Waals surface area contributed by atoms with Crippen LogP contribution in [0.3, 0.4) is 0 Å². The van der Waals surface area contributed by atoms with Crippen LogP contribution in [0, 0.1) is 5.92 Å². The van der Waals surface area contributed by atoms with Gasteiger partial charge in [-0.25, -0.2) is 0 Å². The lowest BCUT2D eigenvalue weighted by atomic mass is 9.99. The molecule has 1 atom stereocenters. The molecule has 1 heterocycles. The lowest BCUT2D eigenvalue weighted by molar-refractivity contribution is -0.144. The summed E-state index contributed by atoms with van der Waals surface area (Å²) in [7, 11) is 0. The number of nitrogens with zero attached hydrogens (tertiary/aromatic N) is 1. The maximum atomic E-state index is 11.5. The van der Waals surface area contributed by atoms with Crippen LogP contribution in [0.2, 0.25) is 0 Å². The highest BCUT2D eigenvalue weighted by Gasteiger charge is 2.26. The fourth-order valence-corrected chi connectivity index (χ4v) is 2.25. The zero-order valence-electron chi connectivity index (χ0n) is 10.2. The Morgan fingerprint density at radius 2 is 1.93 bits per heavy atom. The first-order valence-corrected chi connectivity index (χ1v) is 6.04. The Bertz CT molecular complexity index is 198. The zero-order chi connectivity index (χ0) is 11.3. The number of carbonyl (C=O) groups is 1. The van der Waals surface area contributed by atoms with Crippen molar-refractivity contribution in [1.29, 1.82) is 0 Å². The molecule has 1 fully saturated rings. The maximum Gasteiger partial charge on any atom is 0.307 e. The second-order valence-corrected chi connectivity index (χ2v) is 4.56. The van der Waals surface area contributed by atoms with Crippen LogP contribution in [0.25, 0.3) is 0 Å². The summed E-state index contributed by atoms with van der Waals surface area (Å²) in [5.74, 6) is 0.468. The second kappa shape index (κ2) is 6.11. The summed E-state index contributed by atoms with van der Waals surface area (Å²) in [6, 6.07) is 0.367. The van der Waals surface area contributed by atoms with Crippen molar-refractivity contribution in [3.8, 4) is 0 Å². The molecular formula is C12H23NO2. The van der Waals surface area contributed by atoms with Crippen molar-refractivity contribution >= 4 is 5.97 Å². The summed E-state index contributed by atoms with van der Waals surface area (Å²) >= 11 is 0. The van der Waals surface area contributed by atoms with Gasteiger partial charge >= 0.3 is 5.97 Å². The molecule has 0 N–H and O–H groups in total. The number of hydrogen-bond donors (Lipinski definition) is 0. The zero-order valence-corrected chi connectivity index (χ0v) is 10.2. The molecule has 0 unspecified atom stereocenters. The fourth-order valence-electron chi connectivity index (χ4n) is 2.25. The number of hydrogen-bond acceptors (Lipinski definition) is 3. The van der Waals surface area contributed by atoms with Crippen molar-refractivity contribution in [2.45, 2.75) is 46.1 Å². The van der Waals surface area contributed by atoms with Crippen molar-refractivity contribution in [2.24, 2.45) is 5.92 Å². The van der Waals surface area contributed by atoms with Crippen LogP contribution in [-0.4, -0.2) is 36.6 Å².